The van der Waals surface area contributed by atoms with Crippen molar-refractivity contribution in [1.82, 2.24) is 9.97 Å². The van der Waals surface area contributed by atoms with Crippen LogP contribution in [0.15, 0.2) is 0 Å². The molecule has 1 aliphatic rings. The van der Waals surface area contributed by atoms with Gasteiger partial charge in [0.15, 0.2) is 0 Å². The molecule has 20 heavy (non-hydrogen) atoms. The van der Waals surface area contributed by atoms with Gasteiger partial charge in [0.2, 0.25) is 0 Å². The Morgan fingerprint density at radius 1 is 1.35 bits per heavy atom. The number of nitrogens with zero attached hydrogens (tertiary/aromatic N) is 2. The molecule has 2 heterocycles. The van der Waals surface area contributed by atoms with Crippen molar-refractivity contribution in [3.05, 3.63) is 15.1 Å². The van der Waals surface area contributed by atoms with E-state index in [4.69, 9.17) is 9.97 Å². The summed E-state index contributed by atoms with van der Waals surface area (Å²) in [5, 5.41) is 3.85. The Kier molecular flexibility index (Phi) is 6.74. The number of hydrogen-bond donors (Lipinski definition) is 1. The van der Waals surface area contributed by atoms with E-state index in [-0.39, 0.29) is 0 Å². The van der Waals surface area contributed by atoms with Gasteiger partial charge >= 0.3 is 0 Å². The van der Waals surface area contributed by atoms with E-state index in [0.717, 1.165) is 30.4 Å². The monoisotopic (exact) mass is 423 g/mol. The van der Waals surface area contributed by atoms with Crippen molar-refractivity contribution in [3.63, 3.8) is 0 Å². The molecule has 1 aromatic heterocycles. The maximum atomic E-state index is 4.89. The Hall–Kier alpha value is 0.310. The number of anilines is 1. The van der Waals surface area contributed by atoms with Crippen LogP contribution in [0.1, 0.15) is 37.5 Å². The van der Waals surface area contributed by atoms with E-state index in [1.54, 1.807) is 0 Å². The lowest BCUT2D eigenvalue weighted by Gasteiger charge is -2.22. The van der Waals surface area contributed by atoms with Crippen LogP contribution >= 0.6 is 46.1 Å². The normalized spacial score (nSPS) is 19.4. The molecule has 0 aliphatic carbocycles. The largest absolute Gasteiger partial charge is 0.369 e. The van der Waals surface area contributed by atoms with Crippen molar-refractivity contribution in [1.29, 1.82) is 0 Å². The van der Waals surface area contributed by atoms with Crippen LogP contribution in [-0.4, -0.2) is 33.8 Å². The molecule has 112 valence electrons. The first kappa shape index (κ1) is 16.7. The molecule has 1 atom stereocenters. The maximum Gasteiger partial charge on any atom is 0.144 e. The molecular formula is C14H22IN3S2. The molecule has 6 heteroatoms. The molecule has 0 bridgehead atoms. The number of rotatable bonds is 5. The van der Waals surface area contributed by atoms with Gasteiger partial charge < -0.3 is 5.32 Å². The van der Waals surface area contributed by atoms with Gasteiger partial charge in [-0.15, -0.1) is 11.8 Å². The predicted molar refractivity (Wildman–Crippen MR) is 100.0 cm³/mol. The van der Waals surface area contributed by atoms with Crippen molar-refractivity contribution >= 4 is 51.9 Å². The SMILES string of the molecule is CCNc1nc(C2CSCCS2)nc(CC(C)C)c1I. The van der Waals surface area contributed by atoms with Gasteiger partial charge in [-0.2, -0.15) is 11.8 Å². The van der Waals surface area contributed by atoms with Crippen LogP contribution in [0.25, 0.3) is 0 Å². The fraction of sp³-hybridized carbons (Fsp3) is 0.714. The Balaban J connectivity index is 2.32. The average Bonchev–Trinajstić information content (AvgIpc) is 2.44. The van der Waals surface area contributed by atoms with Gasteiger partial charge in [-0.25, -0.2) is 9.97 Å². The highest BCUT2D eigenvalue weighted by Gasteiger charge is 2.22. The zero-order valence-corrected chi connectivity index (χ0v) is 16.1. The van der Waals surface area contributed by atoms with Crippen molar-refractivity contribution < 1.29 is 0 Å². The Bertz CT molecular complexity index is 448. The highest BCUT2D eigenvalue weighted by molar-refractivity contribution is 14.1. The summed E-state index contributed by atoms with van der Waals surface area (Å²) in [5.41, 5.74) is 1.21. The first-order valence-electron chi connectivity index (χ1n) is 7.11. The second-order valence-corrected chi connectivity index (χ2v) is 8.79. The van der Waals surface area contributed by atoms with Crippen molar-refractivity contribution in [3.8, 4) is 0 Å². The van der Waals surface area contributed by atoms with Gasteiger partial charge in [-0.1, -0.05) is 13.8 Å². The molecule has 1 fully saturated rings. The molecule has 0 amide bonds. The van der Waals surface area contributed by atoms with Crippen LogP contribution in [0, 0.1) is 9.49 Å². The molecule has 1 saturated heterocycles. The van der Waals surface area contributed by atoms with Gasteiger partial charge in [-0.3, -0.25) is 0 Å². The lowest BCUT2D eigenvalue weighted by Crippen LogP contribution is -2.16. The summed E-state index contributed by atoms with van der Waals surface area (Å²) < 4.78 is 1.19. The van der Waals surface area contributed by atoms with Crippen LogP contribution in [0.4, 0.5) is 5.82 Å². The Labute approximate surface area is 144 Å². The van der Waals surface area contributed by atoms with Crippen LogP contribution in [0.2, 0.25) is 0 Å². The van der Waals surface area contributed by atoms with Crippen molar-refractivity contribution in [2.75, 3.05) is 29.1 Å². The molecule has 1 aromatic rings. The number of aromatic nitrogens is 2. The lowest BCUT2D eigenvalue weighted by molar-refractivity contribution is 0.628. The molecule has 0 saturated carbocycles. The van der Waals surface area contributed by atoms with E-state index in [0.29, 0.717) is 11.2 Å². The third kappa shape index (κ3) is 4.40. The number of halogens is 1. The van der Waals surface area contributed by atoms with E-state index in [2.05, 4.69) is 48.7 Å². The number of thioether (sulfide) groups is 2. The third-order valence-electron chi connectivity index (χ3n) is 2.99. The summed E-state index contributed by atoms with van der Waals surface area (Å²) in [7, 11) is 0. The third-order valence-corrected chi connectivity index (χ3v) is 6.87. The molecule has 0 spiro atoms. The summed E-state index contributed by atoms with van der Waals surface area (Å²) in [6, 6.07) is 0. The van der Waals surface area contributed by atoms with Gasteiger partial charge in [0.05, 0.1) is 14.5 Å². The lowest BCUT2D eigenvalue weighted by atomic mass is 10.1. The van der Waals surface area contributed by atoms with E-state index < -0.39 is 0 Å². The van der Waals surface area contributed by atoms with E-state index in [9.17, 15) is 0 Å². The van der Waals surface area contributed by atoms with Crippen LogP contribution in [0.3, 0.4) is 0 Å². The summed E-state index contributed by atoms with van der Waals surface area (Å²) in [5.74, 6) is 6.26. The fourth-order valence-electron chi connectivity index (χ4n) is 2.10. The summed E-state index contributed by atoms with van der Waals surface area (Å²) in [6.07, 6.45) is 1.02. The minimum atomic E-state index is 0.453. The first-order valence-corrected chi connectivity index (χ1v) is 10.4. The van der Waals surface area contributed by atoms with Crippen LogP contribution in [-0.2, 0) is 6.42 Å². The average molecular weight is 423 g/mol. The van der Waals surface area contributed by atoms with Gasteiger partial charge in [0.1, 0.15) is 11.6 Å². The first-order chi connectivity index (χ1) is 9.61. The Morgan fingerprint density at radius 2 is 2.15 bits per heavy atom. The van der Waals surface area contributed by atoms with Crippen molar-refractivity contribution in [2.45, 2.75) is 32.4 Å². The molecule has 2 rings (SSSR count). The summed E-state index contributed by atoms with van der Waals surface area (Å²) in [6.45, 7) is 7.51. The van der Waals surface area contributed by atoms with Gasteiger partial charge in [-0.05, 0) is 41.9 Å². The standard InChI is InChI=1S/C14H22IN3S2/c1-4-16-14-12(15)10(7-9(2)3)17-13(18-14)11-8-19-5-6-20-11/h9,11H,4-8H2,1-3H3,(H,16,17,18). The van der Waals surface area contributed by atoms with Crippen LogP contribution in [0.5, 0.6) is 0 Å². The van der Waals surface area contributed by atoms with Gasteiger partial charge in [0.25, 0.3) is 0 Å². The van der Waals surface area contributed by atoms with Crippen LogP contribution < -0.4 is 5.32 Å². The van der Waals surface area contributed by atoms with E-state index in [1.165, 1.54) is 20.8 Å². The highest BCUT2D eigenvalue weighted by Crippen LogP contribution is 2.36. The minimum absolute atomic E-state index is 0.453. The summed E-state index contributed by atoms with van der Waals surface area (Å²) >= 11 is 6.40. The van der Waals surface area contributed by atoms with E-state index in [1.807, 2.05) is 23.5 Å². The highest BCUT2D eigenvalue weighted by atomic mass is 127. The number of nitrogens with one attached hydrogen (secondary N) is 1. The molecule has 0 aromatic carbocycles. The Morgan fingerprint density at radius 3 is 2.75 bits per heavy atom. The zero-order valence-electron chi connectivity index (χ0n) is 12.3. The second kappa shape index (κ2) is 8.08. The number of hydrogen-bond acceptors (Lipinski definition) is 5. The molecule has 1 unspecified atom stereocenters. The molecule has 1 aliphatic heterocycles. The quantitative estimate of drug-likeness (QED) is 0.718. The molecule has 0 radical (unpaired) electrons. The smallest absolute Gasteiger partial charge is 0.144 e. The molecular weight excluding hydrogens is 401 g/mol. The maximum absolute atomic E-state index is 4.89. The van der Waals surface area contributed by atoms with E-state index >= 15 is 0 Å². The predicted octanol–water partition coefficient (Wildman–Crippen LogP) is 4.23. The molecule has 1 N–H and O–H groups in total. The fourth-order valence-corrected chi connectivity index (χ4v) is 5.35. The topological polar surface area (TPSA) is 37.8 Å². The molecule has 3 nitrogen and oxygen atoms in total. The summed E-state index contributed by atoms with van der Waals surface area (Å²) in [4.78, 5) is 9.68. The van der Waals surface area contributed by atoms with Crippen molar-refractivity contribution in [2.24, 2.45) is 5.92 Å². The second-order valence-electron chi connectivity index (χ2n) is 5.25. The zero-order chi connectivity index (χ0) is 14.5. The minimum Gasteiger partial charge on any atom is -0.369 e. The van der Waals surface area contributed by atoms with Gasteiger partial charge in [0, 0.05) is 23.8 Å².